The van der Waals surface area contributed by atoms with Gasteiger partial charge in [0.05, 0.1) is 18.8 Å². The molecule has 0 aliphatic carbocycles. The number of rotatable bonds is 8. The predicted octanol–water partition coefficient (Wildman–Crippen LogP) is 4.60. The summed E-state index contributed by atoms with van der Waals surface area (Å²) in [6, 6.07) is 11.8. The van der Waals surface area contributed by atoms with Gasteiger partial charge in [-0.3, -0.25) is 14.5 Å². The molecule has 7 heteroatoms. The van der Waals surface area contributed by atoms with E-state index in [-0.39, 0.29) is 24.9 Å². The maximum Gasteiger partial charge on any atom is 0.238 e. The number of carbonyl (C=O) groups is 2. The fraction of sp³-hybridized carbons (Fsp3) is 0.346. The lowest BCUT2D eigenvalue weighted by Crippen LogP contribution is -2.39. The molecule has 0 spiro atoms. The van der Waals surface area contributed by atoms with Crippen molar-refractivity contribution in [3.63, 3.8) is 0 Å². The number of hydrogen-bond acceptors (Lipinski definition) is 5. The summed E-state index contributed by atoms with van der Waals surface area (Å²) < 4.78 is 5.28. The number of aromatic nitrogens is 1. The van der Waals surface area contributed by atoms with E-state index in [2.05, 4.69) is 15.8 Å². The maximum atomic E-state index is 13.0. The smallest absolute Gasteiger partial charge is 0.238 e. The molecule has 0 saturated carbocycles. The number of anilines is 2. The van der Waals surface area contributed by atoms with E-state index >= 15 is 0 Å². The average Bonchev–Trinajstić information content (AvgIpc) is 3.05. The van der Waals surface area contributed by atoms with Gasteiger partial charge in [0.1, 0.15) is 5.76 Å². The topological polar surface area (TPSA) is 87.5 Å². The number of nitrogens with zero attached hydrogens (tertiary/aromatic N) is 2. The van der Waals surface area contributed by atoms with Crippen LogP contribution < -0.4 is 10.6 Å². The van der Waals surface area contributed by atoms with Crippen LogP contribution in [0.1, 0.15) is 39.3 Å². The van der Waals surface area contributed by atoms with Crippen LogP contribution in [-0.4, -0.2) is 35.0 Å². The van der Waals surface area contributed by atoms with Crippen LogP contribution >= 0.6 is 0 Å². The van der Waals surface area contributed by atoms with Gasteiger partial charge in [-0.05, 0) is 63.8 Å². The van der Waals surface area contributed by atoms with Gasteiger partial charge >= 0.3 is 0 Å². The fourth-order valence-corrected chi connectivity index (χ4v) is 3.91. The SMILES string of the molecule is Cc1cccc(C)c1NC(=O)CN(CC(=O)Nc1c(C)cccc1C)Cc1c(C)noc1C. The largest absolute Gasteiger partial charge is 0.361 e. The quantitative estimate of drug-likeness (QED) is 0.526. The van der Waals surface area contributed by atoms with Crippen molar-refractivity contribution in [3.05, 3.63) is 75.7 Å². The second-order valence-corrected chi connectivity index (χ2v) is 8.58. The highest BCUT2D eigenvalue weighted by molar-refractivity contribution is 5.96. The number of nitrogens with one attached hydrogen (secondary N) is 2. The summed E-state index contributed by atoms with van der Waals surface area (Å²) in [5.41, 5.74) is 7.22. The van der Waals surface area contributed by atoms with Crippen LogP contribution in [-0.2, 0) is 16.1 Å². The molecule has 0 bridgehead atoms. The first-order valence-corrected chi connectivity index (χ1v) is 11.0. The lowest BCUT2D eigenvalue weighted by Gasteiger charge is -2.22. The van der Waals surface area contributed by atoms with E-state index in [0.29, 0.717) is 12.3 Å². The van der Waals surface area contributed by atoms with Crippen LogP contribution in [0.2, 0.25) is 0 Å². The lowest BCUT2D eigenvalue weighted by atomic mass is 10.1. The number of para-hydroxylation sites is 2. The van der Waals surface area contributed by atoms with Gasteiger partial charge in [0.15, 0.2) is 0 Å². The van der Waals surface area contributed by atoms with Crippen LogP contribution in [0.15, 0.2) is 40.9 Å². The number of benzene rings is 2. The van der Waals surface area contributed by atoms with Crippen molar-refractivity contribution >= 4 is 23.2 Å². The Hall–Kier alpha value is -3.45. The van der Waals surface area contributed by atoms with Gasteiger partial charge in [0, 0.05) is 23.5 Å². The monoisotopic (exact) mass is 448 g/mol. The normalized spacial score (nSPS) is 11.0. The zero-order valence-corrected chi connectivity index (χ0v) is 20.2. The van der Waals surface area contributed by atoms with Gasteiger partial charge < -0.3 is 15.2 Å². The van der Waals surface area contributed by atoms with Crippen molar-refractivity contribution in [1.82, 2.24) is 10.1 Å². The van der Waals surface area contributed by atoms with Gasteiger partial charge in [-0.15, -0.1) is 0 Å². The molecule has 3 aromatic rings. The minimum absolute atomic E-state index is 0.0536. The Morgan fingerprint density at radius 3 is 1.58 bits per heavy atom. The Morgan fingerprint density at radius 2 is 1.21 bits per heavy atom. The first-order valence-electron chi connectivity index (χ1n) is 11.0. The zero-order chi connectivity index (χ0) is 24.1. The lowest BCUT2D eigenvalue weighted by molar-refractivity contribution is -0.120. The minimum atomic E-state index is -0.181. The van der Waals surface area contributed by atoms with Crippen LogP contribution in [0.5, 0.6) is 0 Å². The summed E-state index contributed by atoms with van der Waals surface area (Å²) in [5.74, 6) is 0.320. The standard InChI is InChI=1S/C26H32N4O3/c1-16-9-7-10-17(2)25(16)27-23(31)14-30(13-22-20(5)29-33-21(22)6)15-24(32)28-26-18(3)11-8-12-19(26)4/h7-12H,13-15H2,1-6H3,(H,27,31)(H,28,32). The zero-order valence-electron chi connectivity index (χ0n) is 20.2. The maximum absolute atomic E-state index is 13.0. The Labute approximate surface area is 195 Å². The van der Waals surface area contributed by atoms with Crippen molar-refractivity contribution in [2.45, 2.75) is 48.1 Å². The highest BCUT2D eigenvalue weighted by atomic mass is 16.5. The van der Waals surface area contributed by atoms with E-state index in [9.17, 15) is 9.59 Å². The molecule has 0 atom stereocenters. The van der Waals surface area contributed by atoms with E-state index in [1.165, 1.54) is 0 Å². The van der Waals surface area contributed by atoms with E-state index in [1.54, 1.807) is 4.90 Å². The third kappa shape index (κ3) is 6.08. The molecule has 0 saturated heterocycles. The molecule has 7 nitrogen and oxygen atoms in total. The van der Waals surface area contributed by atoms with Gasteiger partial charge in [-0.1, -0.05) is 41.6 Å². The molecule has 0 unspecified atom stereocenters. The highest BCUT2D eigenvalue weighted by Gasteiger charge is 2.20. The Bertz CT molecular complexity index is 1040. The second-order valence-electron chi connectivity index (χ2n) is 8.58. The number of hydrogen-bond donors (Lipinski definition) is 2. The molecule has 1 heterocycles. The Kier molecular flexibility index (Phi) is 7.66. The highest BCUT2D eigenvalue weighted by Crippen LogP contribution is 2.21. The molecule has 0 fully saturated rings. The van der Waals surface area contributed by atoms with Crippen LogP contribution in [0, 0.1) is 41.5 Å². The van der Waals surface area contributed by atoms with Gasteiger partial charge in [-0.25, -0.2) is 0 Å². The number of carbonyl (C=O) groups excluding carboxylic acids is 2. The summed E-state index contributed by atoms with van der Waals surface area (Å²) in [6.45, 7) is 12.0. The third-order valence-corrected chi connectivity index (χ3v) is 5.79. The van der Waals surface area contributed by atoms with Crippen LogP contribution in [0.4, 0.5) is 11.4 Å². The molecule has 174 valence electrons. The summed E-state index contributed by atoms with van der Waals surface area (Å²) >= 11 is 0. The van der Waals surface area contributed by atoms with Crippen molar-refractivity contribution < 1.29 is 14.1 Å². The Morgan fingerprint density at radius 1 is 0.788 bits per heavy atom. The van der Waals surface area contributed by atoms with Gasteiger partial charge in [0.2, 0.25) is 11.8 Å². The van der Waals surface area contributed by atoms with Crippen molar-refractivity contribution in [2.75, 3.05) is 23.7 Å². The van der Waals surface area contributed by atoms with Crippen molar-refractivity contribution in [3.8, 4) is 0 Å². The average molecular weight is 449 g/mol. The van der Waals surface area contributed by atoms with Crippen LogP contribution in [0.3, 0.4) is 0 Å². The third-order valence-electron chi connectivity index (χ3n) is 5.79. The molecule has 0 aliphatic heterocycles. The Balaban J connectivity index is 1.77. The molecule has 2 aromatic carbocycles. The molecule has 0 radical (unpaired) electrons. The van der Waals surface area contributed by atoms with E-state index in [0.717, 1.165) is 44.9 Å². The first kappa shape index (κ1) is 24.2. The molecule has 0 aliphatic rings. The summed E-state index contributed by atoms with van der Waals surface area (Å²) in [6.07, 6.45) is 0. The molecule has 1 aromatic heterocycles. The van der Waals surface area contributed by atoms with Crippen molar-refractivity contribution in [1.29, 1.82) is 0 Å². The molecule has 33 heavy (non-hydrogen) atoms. The van der Waals surface area contributed by atoms with Crippen LogP contribution in [0.25, 0.3) is 0 Å². The first-order chi connectivity index (χ1) is 15.7. The second kappa shape index (κ2) is 10.4. The van der Waals surface area contributed by atoms with E-state index < -0.39 is 0 Å². The number of aryl methyl sites for hydroxylation is 6. The fourth-order valence-electron chi connectivity index (χ4n) is 3.91. The molecular weight excluding hydrogens is 416 g/mol. The molecular formula is C26H32N4O3. The summed E-state index contributed by atoms with van der Waals surface area (Å²) in [4.78, 5) is 27.7. The summed E-state index contributed by atoms with van der Waals surface area (Å²) in [5, 5.41) is 10.0. The van der Waals surface area contributed by atoms with Gasteiger partial charge in [-0.2, -0.15) is 0 Å². The predicted molar refractivity (Wildman–Crippen MR) is 130 cm³/mol. The van der Waals surface area contributed by atoms with Gasteiger partial charge in [0.25, 0.3) is 0 Å². The number of amides is 2. The summed E-state index contributed by atoms with van der Waals surface area (Å²) in [7, 11) is 0. The molecule has 2 amide bonds. The van der Waals surface area contributed by atoms with Crippen molar-refractivity contribution in [2.24, 2.45) is 0 Å². The van der Waals surface area contributed by atoms with E-state index in [1.807, 2.05) is 77.9 Å². The van der Waals surface area contributed by atoms with E-state index in [4.69, 9.17) is 4.52 Å². The molecule has 3 rings (SSSR count). The molecule has 2 N–H and O–H groups in total. The minimum Gasteiger partial charge on any atom is -0.361 e.